The van der Waals surface area contributed by atoms with Gasteiger partial charge in [0.15, 0.2) is 6.39 Å². The number of fused-ring (bicyclic) bond motifs is 1. The molecule has 1 aromatic heterocycles. The SMILES string of the molecule is Cc1ocnc1CNC(=O)C[C@H]1OCCc2ccccc21. The van der Waals surface area contributed by atoms with Gasteiger partial charge < -0.3 is 14.5 Å². The zero-order valence-electron chi connectivity index (χ0n) is 12.0. The minimum absolute atomic E-state index is 0.0425. The average Bonchev–Trinajstić information content (AvgIpc) is 2.91. The van der Waals surface area contributed by atoms with Crippen LogP contribution < -0.4 is 5.32 Å². The largest absolute Gasteiger partial charge is 0.448 e. The Morgan fingerprint density at radius 1 is 1.43 bits per heavy atom. The summed E-state index contributed by atoms with van der Waals surface area (Å²) < 4.78 is 10.8. The fraction of sp³-hybridized carbons (Fsp3) is 0.375. The number of aryl methyl sites for hydroxylation is 1. The lowest BCUT2D eigenvalue weighted by atomic mass is 9.95. The third-order valence-electron chi connectivity index (χ3n) is 3.76. The van der Waals surface area contributed by atoms with Gasteiger partial charge in [0.2, 0.25) is 5.91 Å². The fourth-order valence-electron chi connectivity index (χ4n) is 2.57. The smallest absolute Gasteiger partial charge is 0.223 e. The number of amides is 1. The lowest BCUT2D eigenvalue weighted by Crippen LogP contribution is -2.27. The second-order valence-corrected chi connectivity index (χ2v) is 5.14. The Labute approximate surface area is 123 Å². The summed E-state index contributed by atoms with van der Waals surface area (Å²) in [6.45, 7) is 2.88. The van der Waals surface area contributed by atoms with Gasteiger partial charge >= 0.3 is 0 Å². The summed E-state index contributed by atoms with van der Waals surface area (Å²) in [5.41, 5.74) is 3.15. The van der Waals surface area contributed by atoms with Crippen molar-refractivity contribution in [1.82, 2.24) is 10.3 Å². The van der Waals surface area contributed by atoms with Gasteiger partial charge in [0.1, 0.15) is 11.5 Å². The van der Waals surface area contributed by atoms with Gasteiger partial charge in [0.25, 0.3) is 0 Å². The van der Waals surface area contributed by atoms with Crippen LogP contribution in [0.2, 0.25) is 0 Å². The number of nitrogens with one attached hydrogen (secondary N) is 1. The van der Waals surface area contributed by atoms with Crippen molar-refractivity contribution in [1.29, 1.82) is 0 Å². The Hall–Kier alpha value is -2.14. The molecule has 3 rings (SSSR count). The van der Waals surface area contributed by atoms with Gasteiger partial charge in [0.05, 0.1) is 25.7 Å². The first-order chi connectivity index (χ1) is 10.2. The molecule has 0 saturated carbocycles. The molecule has 0 saturated heterocycles. The number of rotatable bonds is 4. The highest BCUT2D eigenvalue weighted by atomic mass is 16.5. The molecular formula is C16H18N2O3. The van der Waals surface area contributed by atoms with Gasteiger partial charge in [-0.25, -0.2) is 4.98 Å². The molecule has 1 aliphatic heterocycles. The van der Waals surface area contributed by atoms with Crippen LogP contribution in [0.3, 0.4) is 0 Å². The van der Waals surface area contributed by atoms with Crippen LogP contribution in [-0.4, -0.2) is 17.5 Å². The van der Waals surface area contributed by atoms with Gasteiger partial charge in [-0.3, -0.25) is 4.79 Å². The number of carbonyl (C=O) groups is 1. The summed E-state index contributed by atoms with van der Waals surface area (Å²) in [5, 5.41) is 2.86. The van der Waals surface area contributed by atoms with Crippen LogP contribution in [0, 0.1) is 6.92 Å². The summed E-state index contributed by atoms with van der Waals surface area (Å²) >= 11 is 0. The van der Waals surface area contributed by atoms with E-state index in [-0.39, 0.29) is 12.0 Å². The van der Waals surface area contributed by atoms with E-state index in [9.17, 15) is 4.79 Å². The predicted molar refractivity (Wildman–Crippen MR) is 76.5 cm³/mol. The summed E-state index contributed by atoms with van der Waals surface area (Å²) in [6, 6.07) is 8.14. The highest BCUT2D eigenvalue weighted by Crippen LogP contribution is 2.29. The molecule has 1 aromatic carbocycles. The summed E-state index contributed by atoms with van der Waals surface area (Å²) in [5.74, 6) is 0.689. The van der Waals surface area contributed by atoms with Gasteiger partial charge in [-0.15, -0.1) is 0 Å². The van der Waals surface area contributed by atoms with Gasteiger partial charge in [-0.05, 0) is 24.5 Å². The molecule has 5 heteroatoms. The summed E-state index contributed by atoms with van der Waals surface area (Å²) in [4.78, 5) is 16.1. The van der Waals surface area contributed by atoms with Crippen LogP contribution in [0.15, 0.2) is 35.1 Å². The first-order valence-electron chi connectivity index (χ1n) is 7.09. The fourth-order valence-corrected chi connectivity index (χ4v) is 2.57. The average molecular weight is 286 g/mol. The van der Waals surface area contributed by atoms with E-state index in [1.54, 1.807) is 0 Å². The van der Waals surface area contributed by atoms with E-state index < -0.39 is 0 Å². The second-order valence-electron chi connectivity index (χ2n) is 5.14. The molecule has 1 N–H and O–H groups in total. The van der Waals surface area contributed by atoms with E-state index in [0.717, 1.165) is 23.4 Å². The van der Waals surface area contributed by atoms with Crippen LogP contribution in [0.25, 0.3) is 0 Å². The maximum absolute atomic E-state index is 12.1. The second kappa shape index (κ2) is 6.10. The van der Waals surface area contributed by atoms with Crippen molar-refractivity contribution in [3.05, 3.63) is 53.2 Å². The van der Waals surface area contributed by atoms with E-state index in [0.29, 0.717) is 19.6 Å². The van der Waals surface area contributed by atoms with Crippen molar-refractivity contribution >= 4 is 5.91 Å². The van der Waals surface area contributed by atoms with Gasteiger partial charge in [-0.2, -0.15) is 0 Å². The van der Waals surface area contributed by atoms with Crippen molar-refractivity contribution in [2.24, 2.45) is 0 Å². The quantitative estimate of drug-likeness (QED) is 0.936. The van der Waals surface area contributed by atoms with E-state index in [1.807, 2.05) is 25.1 Å². The Bertz CT molecular complexity index is 636. The van der Waals surface area contributed by atoms with Gasteiger partial charge in [-0.1, -0.05) is 24.3 Å². The molecule has 0 unspecified atom stereocenters. The van der Waals surface area contributed by atoms with Crippen molar-refractivity contribution in [2.45, 2.75) is 32.4 Å². The molecule has 5 nitrogen and oxygen atoms in total. The standard InChI is InChI=1S/C16H18N2O3/c1-11-14(18-10-21-11)9-17-16(19)8-15-13-5-3-2-4-12(13)6-7-20-15/h2-5,10,15H,6-9H2,1H3,(H,17,19)/t15-/m1/s1. The number of hydrogen-bond acceptors (Lipinski definition) is 4. The number of oxazole rings is 1. The molecule has 1 atom stereocenters. The molecule has 0 bridgehead atoms. The van der Waals surface area contributed by atoms with E-state index in [4.69, 9.17) is 9.15 Å². The highest BCUT2D eigenvalue weighted by molar-refractivity contribution is 5.76. The third kappa shape index (κ3) is 3.13. The normalized spacial score (nSPS) is 17.3. The lowest BCUT2D eigenvalue weighted by molar-refractivity contribution is -0.124. The zero-order chi connectivity index (χ0) is 14.7. The molecule has 2 heterocycles. The highest BCUT2D eigenvalue weighted by Gasteiger charge is 2.23. The molecule has 0 spiro atoms. The van der Waals surface area contributed by atoms with Crippen LogP contribution in [0.1, 0.15) is 35.1 Å². The van der Waals surface area contributed by atoms with Crippen molar-refractivity contribution in [3.63, 3.8) is 0 Å². The number of ether oxygens (including phenoxy) is 1. The molecule has 0 radical (unpaired) electrons. The first kappa shape index (κ1) is 13.8. The van der Waals surface area contributed by atoms with Crippen LogP contribution in [-0.2, 0) is 22.5 Å². The van der Waals surface area contributed by atoms with E-state index in [1.165, 1.54) is 12.0 Å². The Morgan fingerprint density at radius 2 is 2.29 bits per heavy atom. The molecule has 110 valence electrons. The maximum Gasteiger partial charge on any atom is 0.223 e. The van der Waals surface area contributed by atoms with Crippen molar-refractivity contribution in [2.75, 3.05) is 6.61 Å². The number of benzene rings is 1. The number of aromatic nitrogens is 1. The zero-order valence-corrected chi connectivity index (χ0v) is 12.0. The predicted octanol–water partition coefficient (Wildman–Crippen LogP) is 2.30. The number of carbonyl (C=O) groups excluding carboxylic acids is 1. The first-order valence-corrected chi connectivity index (χ1v) is 7.09. The molecule has 0 aliphatic carbocycles. The Kier molecular flexibility index (Phi) is 4.01. The molecular weight excluding hydrogens is 268 g/mol. The maximum atomic E-state index is 12.1. The summed E-state index contributed by atoms with van der Waals surface area (Å²) in [6.07, 6.45) is 2.46. The minimum Gasteiger partial charge on any atom is -0.448 e. The monoisotopic (exact) mass is 286 g/mol. The molecule has 2 aromatic rings. The molecule has 0 fully saturated rings. The minimum atomic E-state index is -0.159. The number of hydrogen-bond donors (Lipinski definition) is 1. The van der Waals surface area contributed by atoms with Crippen LogP contribution >= 0.6 is 0 Å². The Morgan fingerprint density at radius 3 is 3.10 bits per heavy atom. The Balaban J connectivity index is 1.60. The van der Waals surface area contributed by atoms with Crippen molar-refractivity contribution < 1.29 is 13.9 Å². The van der Waals surface area contributed by atoms with Crippen molar-refractivity contribution in [3.8, 4) is 0 Å². The molecule has 1 amide bonds. The van der Waals surface area contributed by atoms with E-state index in [2.05, 4.69) is 16.4 Å². The summed E-state index contributed by atoms with van der Waals surface area (Å²) in [7, 11) is 0. The lowest BCUT2D eigenvalue weighted by Gasteiger charge is -2.25. The van der Waals surface area contributed by atoms with E-state index >= 15 is 0 Å². The third-order valence-corrected chi connectivity index (χ3v) is 3.76. The number of nitrogens with zero attached hydrogens (tertiary/aromatic N) is 1. The topological polar surface area (TPSA) is 64.4 Å². The van der Waals surface area contributed by atoms with Crippen LogP contribution in [0.4, 0.5) is 0 Å². The molecule has 21 heavy (non-hydrogen) atoms. The molecule has 1 aliphatic rings. The van der Waals surface area contributed by atoms with Gasteiger partial charge in [0, 0.05) is 0 Å². The van der Waals surface area contributed by atoms with Crippen LogP contribution in [0.5, 0.6) is 0 Å².